The van der Waals surface area contributed by atoms with E-state index >= 15 is 0 Å². The van der Waals surface area contributed by atoms with Crippen LogP contribution < -0.4 is 5.32 Å². The zero-order valence-electron chi connectivity index (χ0n) is 19.6. The number of hydrogen-bond donors (Lipinski definition) is 2. The third-order valence-corrected chi connectivity index (χ3v) is 7.17. The molecule has 1 saturated heterocycles. The molecule has 1 unspecified atom stereocenters. The maximum Gasteiger partial charge on any atom is 0.251 e. The van der Waals surface area contributed by atoms with Gasteiger partial charge in [0.2, 0.25) is 5.91 Å². The highest BCUT2D eigenvalue weighted by Gasteiger charge is 2.50. The summed E-state index contributed by atoms with van der Waals surface area (Å²) in [6.45, 7) is 8.29. The van der Waals surface area contributed by atoms with Crippen molar-refractivity contribution >= 4 is 23.4 Å². The molecule has 0 radical (unpaired) electrons. The number of amides is 2. The summed E-state index contributed by atoms with van der Waals surface area (Å²) >= 11 is 5.86. The Kier molecular flexibility index (Phi) is 7.20. The molecular weight excluding hydrogens is 443 g/mol. The first-order valence-corrected chi connectivity index (χ1v) is 11.5. The third kappa shape index (κ3) is 5.22. The first-order valence-electron chi connectivity index (χ1n) is 11.1. The van der Waals surface area contributed by atoms with Gasteiger partial charge < -0.3 is 15.3 Å². The molecule has 0 saturated carbocycles. The Morgan fingerprint density at radius 3 is 2.42 bits per heavy atom. The molecule has 2 N–H and O–H groups in total. The van der Waals surface area contributed by atoms with Crippen molar-refractivity contribution in [3.05, 3.63) is 70.5 Å². The molecule has 178 valence electrons. The van der Waals surface area contributed by atoms with E-state index in [9.17, 15) is 19.1 Å². The molecule has 7 heteroatoms. The van der Waals surface area contributed by atoms with Gasteiger partial charge in [0.25, 0.3) is 5.91 Å². The molecule has 0 bridgehead atoms. The minimum absolute atomic E-state index is 0.0389. The van der Waals surface area contributed by atoms with Crippen molar-refractivity contribution in [1.82, 2.24) is 10.2 Å². The molecule has 1 fully saturated rings. The zero-order valence-corrected chi connectivity index (χ0v) is 20.4. The van der Waals surface area contributed by atoms with Gasteiger partial charge >= 0.3 is 0 Å². The Morgan fingerprint density at radius 1 is 1.18 bits per heavy atom. The smallest absolute Gasteiger partial charge is 0.251 e. The summed E-state index contributed by atoms with van der Waals surface area (Å²) in [5.41, 5.74) is -0.738. The van der Waals surface area contributed by atoms with Crippen LogP contribution in [0.25, 0.3) is 0 Å². The lowest BCUT2D eigenvalue weighted by Crippen LogP contribution is -2.59. The van der Waals surface area contributed by atoms with E-state index in [0.717, 1.165) is 0 Å². The molecule has 1 atom stereocenters. The zero-order chi connectivity index (χ0) is 24.4. The van der Waals surface area contributed by atoms with Gasteiger partial charge in [-0.25, -0.2) is 4.39 Å². The molecule has 2 amide bonds. The summed E-state index contributed by atoms with van der Waals surface area (Å²) in [6.07, 6.45) is 0.628. The van der Waals surface area contributed by atoms with E-state index in [-0.39, 0.29) is 29.9 Å². The topological polar surface area (TPSA) is 69.6 Å². The number of benzene rings is 2. The molecule has 1 heterocycles. The first kappa shape index (κ1) is 25.2. The monoisotopic (exact) mass is 474 g/mol. The van der Waals surface area contributed by atoms with Crippen molar-refractivity contribution in [1.29, 1.82) is 0 Å². The number of carbonyl (C=O) groups excluding carboxylic acids is 2. The number of piperidine rings is 1. The van der Waals surface area contributed by atoms with E-state index in [1.54, 1.807) is 35.2 Å². The van der Waals surface area contributed by atoms with Crippen LogP contribution in [0.4, 0.5) is 4.39 Å². The molecule has 0 spiro atoms. The number of hydrogen-bond acceptors (Lipinski definition) is 3. The maximum atomic E-state index is 14.2. The minimum atomic E-state index is -0.737. The lowest BCUT2D eigenvalue weighted by molar-refractivity contribution is -0.138. The van der Waals surface area contributed by atoms with Gasteiger partial charge in [-0.3, -0.25) is 9.59 Å². The van der Waals surface area contributed by atoms with Crippen molar-refractivity contribution in [2.45, 2.75) is 51.5 Å². The number of nitrogens with zero attached hydrogens (tertiary/aromatic N) is 1. The Balaban J connectivity index is 1.72. The number of rotatable bonds is 6. The number of likely N-dealkylation sites (tertiary alicyclic amines) is 1. The average molecular weight is 475 g/mol. The van der Waals surface area contributed by atoms with Crippen LogP contribution in [0.2, 0.25) is 5.02 Å². The van der Waals surface area contributed by atoms with E-state index in [4.69, 9.17) is 11.6 Å². The van der Waals surface area contributed by atoms with Crippen LogP contribution in [0, 0.1) is 11.2 Å². The summed E-state index contributed by atoms with van der Waals surface area (Å²) in [7, 11) is 0. The van der Waals surface area contributed by atoms with E-state index in [0.29, 0.717) is 30.6 Å². The lowest BCUT2D eigenvalue weighted by Gasteiger charge is -2.53. The highest BCUT2D eigenvalue weighted by Crippen LogP contribution is 2.48. The fourth-order valence-electron chi connectivity index (χ4n) is 4.80. The van der Waals surface area contributed by atoms with Gasteiger partial charge in [-0.1, -0.05) is 49.7 Å². The highest BCUT2D eigenvalue weighted by atomic mass is 35.5. The number of nitrogens with one attached hydrogen (secondary N) is 1. The molecule has 33 heavy (non-hydrogen) atoms. The summed E-state index contributed by atoms with van der Waals surface area (Å²) in [5.74, 6) is -0.820. The minimum Gasteiger partial charge on any atom is -0.395 e. The molecule has 1 aliphatic rings. The second-order valence-corrected chi connectivity index (χ2v) is 10.6. The van der Waals surface area contributed by atoms with Crippen LogP contribution in [-0.4, -0.2) is 47.1 Å². The van der Waals surface area contributed by atoms with E-state index in [1.165, 1.54) is 12.1 Å². The number of carbonyl (C=O) groups is 2. The highest BCUT2D eigenvalue weighted by molar-refractivity contribution is 6.30. The fourth-order valence-corrected chi connectivity index (χ4v) is 4.92. The summed E-state index contributed by atoms with van der Waals surface area (Å²) in [4.78, 5) is 27.5. The van der Waals surface area contributed by atoms with Gasteiger partial charge in [-0.05, 0) is 55.5 Å². The van der Waals surface area contributed by atoms with Gasteiger partial charge in [0.05, 0.1) is 11.6 Å². The molecule has 1 aliphatic heterocycles. The van der Waals surface area contributed by atoms with Crippen molar-refractivity contribution in [3.63, 3.8) is 0 Å². The molecule has 0 aliphatic carbocycles. The second kappa shape index (κ2) is 9.43. The number of aliphatic hydroxyl groups excluding tert-OH is 1. The molecule has 3 rings (SSSR count). The largest absolute Gasteiger partial charge is 0.395 e. The third-order valence-electron chi connectivity index (χ3n) is 6.87. The van der Waals surface area contributed by atoms with Crippen molar-refractivity contribution in [2.24, 2.45) is 5.41 Å². The predicted octanol–water partition coefficient (Wildman–Crippen LogP) is 4.57. The van der Waals surface area contributed by atoms with Crippen LogP contribution in [0.1, 0.15) is 56.5 Å². The molecule has 5 nitrogen and oxygen atoms in total. The Bertz CT molecular complexity index is 1030. The molecular formula is C26H32ClFN2O3. The van der Waals surface area contributed by atoms with Crippen LogP contribution in [0.5, 0.6) is 0 Å². The Hall–Kier alpha value is -2.44. The van der Waals surface area contributed by atoms with Crippen LogP contribution in [0.3, 0.4) is 0 Å². The summed E-state index contributed by atoms with van der Waals surface area (Å²) < 4.78 is 14.2. The molecule has 2 aromatic carbocycles. The quantitative estimate of drug-likeness (QED) is 0.644. The van der Waals surface area contributed by atoms with Gasteiger partial charge in [-0.15, -0.1) is 0 Å². The van der Waals surface area contributed by atoms with E-state index < -0.39 is 22.2 Å². The summed E-state index contributed by atoms with van der Waals surface area (Å²) in [6, 6.07) is 13.5. The standard InChI is InChI=1S/C26H32ClFN2O3/c1-24(2)16-30(13-12-26(24,17-31)19-10-11-20(27)21(28)14-19)22(32)15-25(3,4)29-23(33)18-8-6-5-7-9-18/h5-11,14,31H,12-13,15-17H2,1-4H3,(H,29,33). The fraction of sp³-hybridized carbons (Fsp3) is 0.462. The Labute approximate surface area is 199 Å². The van der Waals surface area contributed by atoms with Crippen LogP contribution in [-0.2, 0) is 10.2 Å². The molecule has 2 aromatic rings. The van der Waals surface area contributed by atoms with Crippen LogP contribution >= 0.6 is 11.6 Å². The second-order valence-electron chi connectivity index (χ2n) is 10.2. The predicted molar refractivity (Wildman–Crippen MR) is 128 cm³/mol. The van der Waals surface area contributed by atoms with Crippen molar-refractivity contribution in [2.75, 3.05) is 19.7 Å². The first-order chi connectivity index (χ1) is 15.4. The normalized spacial score (nSPS) is 20.4. The van der Waals surface area contributed by atoms with Gasteiger partial charge in [0.15, 0.2) is 0 Å². The van der Waals surface area contributed by atoms with Crippen molar-refractivity contribution in [3.8, 4) is 0 Å². The molecule has 0 aromatic heterocycles. The SMILES string of the molecule is CC(C)(CC(=O)N1CCC(CO)(c2ccc(Cl)c(F)c2)C(C)(C)C1)NC(=O)c1ccccc1. The number of aliphatic hydroxyl groups is 1. The number of halogens is 2. The van der Waals surface area contributed by atoms with Gasteiger partial charge in [0, 0.05) is 36.0 Å². The van der Waals surface area contributed by atoms with E-state index in [1.807, 2.05) is 33.8 Å². The maximum absolute atomic E-state index is 14.2. The van der Waals surface area contributed by atoms with Gasteiger partial charge in [0.1, 0.15) is 5.82 Å². The summed E-state index contributed by atoms with van der Waals surface area (Å²) in [5, 5.41) is 13.4. The lowest BCUT2D eigenvalue weighted by atomic mass is 9.58. The van der Waals surface area contributed by atoms with Crippen molar-refractivity contribution < 1.29 is 19.1 Å². The van der Waals surface area contributed by atoms with Crippen LogP contribution in [0.15, 0.2) is 48.5 Å². The average Bonchev–Trinajstić information content (AvgIpc) is 2.75. The Morgan fingerprint density at radius 2 is 1.85 bits per heavy atom. The van der Waals surface area contributed by atoms with E-state index in [2.05, 4.69) is 5.32 Å². The van der Waals surface area contributed by atoms with Gasteiger partial charge in [-0.2, -0.15) is 0 Å².